The highest BCUT2D eigenvalue weighted by atomic mass is 16.5. The van der Waals surface area contributed by atoms with E-state index in [9.17, 15) is 4.79 Å². The number of nitrogens with one attached hydrogen (secondary N) is 1. The molecular formula is C14H16N4O2. The number of H-pyrrole nitrogens is 1. The molecule has 0 aliphatic carbocycles. The Kier molecular flexibility index (Phi) is 2.47. The highest BCUT2D eigenvalue weighted by Gasteiger charge is 2.34. The predicted octanol–water partition coefficient (Wildman–Crippen LogP) is 0.873. The number of hydrogen-bond acceptors (Lipinski definition) is 5. The van der Waals surface area contributed by atoms with Crippen LogP contribution in [0.4, 0.5) is 11.6 Å². The molecule has 6 nitrogen and oxygen atoms in total. The molecule has 0 radical (unpaired) electrons. The van der Waals surface area contributed by atoms with Gasteiger partial charge in [0, 0.05) is 18.8 Å². The fourth-order valence-electron chi connectivity index (χ4n) is 3.08. The molecule has 6 heteroatoms. The second kappa shape index (κ2) is 4.21. The number of nitrogen functional groups attached to an aromatic ring is 1. The lowest BCUT2D eigenvalue weighted by molar-refractivity contribution is 0.0299. The summed E-state index contributed by atoms with van der Waals surface area (Å²) in [6.45, 7) is 1.58. The van der Waals surface area contributed by atoms with Gasteiger partial charge >= 0.3 is 0 Å². The number of nitrogens with two attached hydrogens (primary N) is 1. The molecule has 2 unspecified atom stereocenters. The van der Waals surface area contributed by atoms with Crippen molar-refractivity contribution in [3.05, 3.63) is 28.6 Å². The fraction of sp³-hybridized carbons (Fsp3) is 0.429. The summed E-state index contributed by atoms with van der Waals surface area (Å²) in [7, 11) is 0. The van der Waals surface area contributed by atoms with E-state index in [4.69, 9.17) is 10.5 Å². The van der Waals surface area contributed by atoms with Gasteiger partial charge in [0.2, 0.25) is 5.95 Å². The van der Waals surface area contributed by atoms with Gasteiger partial charge < -0.3 is 15.4 Å². The number of hydrogen-bond donors (Lipinski definition) is 2. The molecule has 3 N–H and O–H groups in total. The van der Waals surface area contributed by atoms with Crippen molar-refractivity contribution in [2.75, 3.05) is 23.7 Å². The van der Waals surface area contributed by atoms with E-state index in [-0.39, 0.29) is 17.8 Å². The molecule has 1 aromatic carbocycles. The maximum absolute atomic E-state index is 12.2. The van der Waals surface area contributed by atoms with Crippen molar-refractivity contribution in [3.8, 4) is 0 Å². The van der Waals surface area contributed by atoms with Crippen LogP contribution in [0.15, 0.2) is 23.0 Å². The van der Waals surface area contributed by atoms with Crippen molar-refractivity contribution >= 4 is 22.5 Å². The Morgan fingerprint density at radius 2 is 2.05 bits per heavy atom. The average Bonchev–Trinajstić information content (AvgIpc) is 2.78. The molecule has 3 heterocycles. The van der Waals surface area contributed by atoms with Gasteiger partial charge in [-0.1, -0.05) is 0 Å². The van der Waals surface area contributed by atoms with Gasteiger partial charge in [-0.25, -0.2) is 4.98 Å². The molecule has 2 aliphatic heterocycles. The van der Waals surface area contributed by atoms with Gasteiger partial charge in [0.1, 0.15) is 0 Å². The summed E-state index contributed by atoms with van der Waals surface area (Å²) < 4.78 is 5.80. The van der Waals surface area contributed by atoms with Crippen molar-refractivity contribution < 1.29 is 4.74 Å². The number of benzene rings is 1. The van der Waals surface area contributed by atoms with Gasteiger partial charge in [0.15, 0.2) is 0 Å². The summed E-state index contributed by atoms with van der Waals surface area (Å²) in [5.41, 5.74) is 6.82. The number of aromatic nitrogens is 2. The average molecular weight is 272 g/mol. The molecule has 0 spiro atoms. The highest BCUT2D eigenvalue weighted by molar-refractivity contribution is 5.81. The minimum absolute atomic E-state index is 0.142. The van der Waals surface area contributed by atoms with Crippen LogP contribution in [0.5, 0.6) is 0 Å². The number of morpholine rings is 1. The number of fused-ring (bicyclic) bond motifs is 3. The van der Waals surface area contributed by atoms with Crippen LogP contribution in [0.1, 0.15) is 12.8 Å². The summed E-state index contributed by atoms with van der Waals surface area (Å²) in [6.07, 6.45) is 2.72. The molecule has 20 heavy (non-hydrogen) atoms. The van der Waals surface area contributed by atoms with Gasteiger partial charge in [-0.15, -0.1) is 0 Å². The van der Waals surface area contributed by atoms with Crippen LogP contribution in [0.25, 0.3) is 10.9 Å². The van der Waals surface area contributed by atoms with Gasteiger partial charge in [-0.05, 0) is 31.0 Å². The minimum Gasteiger partial charge on any atom is -0.399 e. The quantitative estimate of drug-likeness (QED) is 0.753. The lowest BCUT2D eigenvalue weighted by Crippen LogP contribution is -2.44. The van der Waals surface area contributed by atoms with Crippen molar-refractivity contribution in [3.63, 3.8) is 0 Å². The third-order valence-corrected chi connectivity index (χ3v) is 4.06. The van der Waals surface area contributed by atoms with Gasteiger partial charge in [-0.3, -0.25) is 9.78 Å². The minimum atomic E-state index is -0.142. The highest BCUT2D eigenvalue weighted by Crippen LogP contribution is 2.28. The van der Waals surface area contributed by atoms with E-state index in [0.717, 1.165) is 25.9 Å². The van der Waals surface area contributed by atoms with Crippen LogP contribution >= 0.6 is 0 Å². The Hall–Kier alpha value is -2.08. The molecule has 2 aliphatic rings. The molecule has 104 valence electrons. The summed E-state index contributed by atoms with van der Waals surface area (Å²) in [5.74, 6) is 0.632. The number of ether oxygens (including phenoxy) is 1. The van der Waals surface area contributed by atoms with Crippen molar-refractivity contribution in [1.29, 1.82) is 0 Å². The molecule has 0 amide bonds. The number of anilines is 2. The third-order valence-electron chi connectivity index (χ3n) is 4.06. The zero-order valence-corrected chi connectivity index (χ0v) is 11.0. The largest absolute Gasteiger partial charge is 0.399 e. The lowest BCUT2D eigenvalue weighted by atomic mass is 10.2. The Labute approximate surface area is 115 Å². The van der Waals surface area contributed by atoms with E-state index in [0.29, 0.717) is 22.5 Å². The fourth-order valence-corrected chi connectivity index (χ4v) is 3.08. The molecule has 2 bridgehead atoms. The summed E-state index contributed by atoms with van der Waals surface area (Å²) in [5, 5.41) is 0.532. The van der Waals surface area contributed by atoms with Gasteiger partial charge in [0.25, 0.3) is 5.56 Å². The van der Waals surface area contributed by atoms with Crippen molar-refractivity contribution in [2.45, 2.75) is 25.0 Å². The lowest BCUT2D eigenvalue weighted by Gasteiger charge is -2.32. The molecule has 2 fully saturated rings. The Morgan fingerprint density at radius 1 is 1.30 bits per heavy atom. The van der Waals surface area contributed by atoms with Crippen LogP contribution in [0.2, 0.25) is 0 Å². The topological polar surface area (TPSA) is 84.2 Å². The van der Waals surface area contributed by atoms with E-state index in [1.807, 2.05) is 0 Å². The molecule has 2 saturated heterocycles. The first-order chi connectivity index (χ1) is 9.69. The van der Waals surface area contributed by atoms with E-state index in [1.54, 1.807) is 18.2 Å². The first-order valence-corrected chi connectivity index (χ1v) is 6.89. The maximum Gasteiger partial charge on any atom is 0.260 e. The Morgan fingerprint density at radius 3 is 2.80 bits per heavy atom. The second-order valence-electron chi connectivity index (χ2n) is 5.53. The number of nitrogens with zero attached hydrogens (tertiary/aromatic N) is 2. The van der Waals surface area contributed by atoms with E-state index < -0.39 is 0 Å². The van der Waals surface area contributed by atoms with E-state index in [1.165, 1.54) is 0 Å². The van der Waals surface area contributed by atoms with Crippen LogP contribution < -0.4 is 16.2 Å². The van der Waals surface area contributed by atoms with Crippen LogP contribution in [-0.2, 0) is 4.74 Å². The molecular weight excluding hydrogens is 256 g/mol. The molecule has 2 atom stereocenters. The Bertz CT molecular complexity index is 715. The second-order valence-corrected chi connectivity index (χ2v) is 5.53. The van der Waals surface area contributed by atoms with Crippen LogP contribution in [-0.4, -0.2) is 35.3 Å². The van der Waals surface area contributed by atoms with E-state index >= 15 is 0 Å². The summed E-state index contributed by atoms with van der Waals surface area (Å²) in [4.78, 5) is 21.7. The predicted molar refractivity (Wildman–Crippen MR) is 76.9 cm³/mol. The SMILES string of the molecule is Nc1ccc2nc(N3CC4CCC(C3)O4)[nH]c(=O)c2c1. The summed E-state index contributed by atoms with van der Waals surface area (Å²) >= 11 is 0. The maximum atomic E-state index is 12.2. The smallest absolute Gasteiger partial charge is 0.260 e. The normalized spacial score (nSPS) is 25.3. The van der Waals surface area contributed by atoms with Crippen molar-refractivity contribution in [2.24, 2.45) is 0 Å². The molecule has 0 saturated carbocycles. The molecule has 2 aromatic rings. The van der Waals surface area contributed by atoms with Crippen LogP contribution in [0.3, 0.4) is 0 Å². The first kappa shape index (κ1) is 11.7. The molecule has 1 aromatic heterocycles. The molecule has 4 rings (SSSR count). The van der Waals surface area contributed by atoms with Crippen LogP contribution in [0, 0.1) is 0 Å². The first-order valence-electron chi connectivity index (χ1n) is 6.89. The zero-order chi connectivity index (χ0) is 13.7. The zero-order valence-electron chi connectivity index (χ0n) is 11.0. The third kappa shape index (κ3) is 1.84. The summed E-state index contributed by atoms with van der Waals surface area (Å²) in [6, 6.07) is 5.22. The van der Waals surface area contributed by atoms with Gasteiger partial charge in [0.05, 0.1) is 23.1 Å². The van der Waals surface area contributed by atoms with Gasteiger partial charge in [-0.2, -0.15) is 0 Å². The number of rotatable bonds is 1. The standard InChI is InChI=1S/C14H16N4O2/c15-8-1-4-12-11(5-8)13(19)17-14(16-12)18-6-9-2-3-10(7-18)20-9/h1,4-5,9-10H,2-3,6-7,15H2,(H,16,17,19). The van der Waals surface area contributed by atoms with E-state index in [2.05, 4.69) is 14.9 Å². The number of aromatic amines is 1. The monoisotopic (exact) mass is 272 g/mol. The van der Waals surface area contributed by atoms with Crippen molar-refractivity contribution in [1.82, 2.24) is 9.97 Å². The Balaban J connectivity index is 1.77.